The molecule has 98 valence electrons. The molecule has 0 N–H and O–H groups in total. The van der Waals surface area contributed by atoms with E-state index in [1.165, 1.54) is 22.3 Å². The Balaban J connectivity index is 0.00000133. The fourth-order valence-corrected chi connectivity index (χ4v) is 2.65. The zero-order valence-electron chi connectivity index (χ0n) is 10.0. The summed E-state index contributed by atoms with van der Waals surface area (Å²) in [5.74, 6) is 0.0834. The maximum absolute atomic E-state index is 10.8. The fourth-order valence-electron chi connectivity index (χ4n) is 2.59. The number of halogens is 2. The van der Waals surface area contributed by atoms with Gasteiger partial charge < -0.3 is 4.74 Å². The Morgan fingerprint density at radius 1 is 1.00 bits per heavy atom. The molecule has 0 radical (unpaired) electrons. The van der Waals surface area contributed by atoms with Crippen LogP contribution in [0.25, 0.3) is 11.1 Å². The zero-order chi connectivity index (χ0) is 12.5. The van der Waals surface area contributed by atoms with Gasteiger partial charge in [0.1, 0.15) is 6.61 Å². The molecule has 19 heavy (non-hydrogen) atoms. The number of benzene rings is 2. The van der Waals surface area contributed by atoms with E-state index < -0.39 is 5.43 Å². The van der Waals surface area contributed by atoms with Crippen molar-refractivity contribution >= 4 is 29.4 Å². The van der Waals surface area contributed by atoms with E-state index in [1.807, 2.05) is 24.3 Å². The Labute approximate surface area is 122 Å². The highest BCUT2D eigenvalue weighted by Gasteiger charge is 2.28. The molecule has 1 aliphatic rings. The summed E-state index contributed by atoms with van der Waals surface area (Å²) < 4.78 is 4.97. The van der Waals surface area contributed by atoms with E-state index in [0.717, 1.165) is 0 Å². The number of carbonyl (C=O) groups excluding carboxylic acids is 1. The molecule has 0 spiro atoms. The maximum atomic E-state index is 10.8. The second kappa shape index (κ2) is 5.64. The Morgan fingerprint density at radius 3 is 1.95 bits per heavy atom. The Morgan fingerprint density at radius 2 is 1.47 bits per heavy atom. The van der Waals surface area contributed by atoms with Crippen molar-refractivity contribution in [3.63, 3.8) is 0 Å². The minimum atomic E-state index is -0.753. The molecule has 0 amide bonds. The average molecular weight is 295 g/mol. The van der Waals surface area contributed by atoms with Crippen LogP contribution in [0.1, 0.15) is 17.0 Å². The molecule has 2 nitrogen and oxygen atoms in total. The van der Waals surface area contributed by atoms with Crippen molar-refractivity contribution in [2.24, 2.45) is 0 Å². The summed E-state index contributed by atoms with van der Waals surface area (Å²) in [6.07, 6.45) is 0. The largest absolute Gasteiger partial charge is 0.453 e. The van der Waals surface area contributed by atoms with Gasteiger partial charge in [-0.15, -0.1) is 12.4 Å². The molecule has 2 aromatic carbocycles. The molecule has 3 rings (SSSR count). The highest BCUT2D eigenvalue weighted by Crippen LogP contribution is 2.44. The van der Waals surface area contributed by atoms with Gasteiger partial charge in [0.2, 0.25) is 0 Å². The first-order valence-electron chi connectivity index (χ1n) is 5.78. The molecule has 0 atom stereocenters. The molecule has 0 unspecified atom stereocenters. The Kier molecular flexibility index (Phi) is 4.13. The molecule has 0 aliphatic heterocycles. The van der Waals surface area contributed by atoms with Crippen LogP contribution >= 0.6 is 24.0 Å². The number of hydrogen-bond donors (Lipinski definition) is 0. The number of rotatable bonds is 2. The lowest BCUT2D eigenvalue weighted by Crippen LogP contribution is -2.07. The van der Waals surface area contributed by atoms with Crippen LogP contribution in [0, 0.1) is 0 Å². The normalized spacial score (nSPS) is 12.3. The molecular formula is C15H12Cl2O2. The van der Waals surface area contributed by atoms with E-state index in [2.05, 4.69) is 24.3 Å². The molecule has 0 bridgehead atoms. The molecule has 0 saturated carbocycles. The van der Waals surface area contributed by atoms with E-state index in [1.54, 1.807) is 0 Å². The van der Waals surface area contributed by atoms with Crippen molar-refractivity contribution in [2.75, 3.05) is 6.61 Å². The average Bonchev–Trinajstić information content (AvgIpc) is 2.71. The second-order valence-corrected chi connectivity index (χ2v) is 4.58. The van der Waals surface area contributed by atoms with Crippen molar-refractivity contribution < 1.29 is 9.53 Å². The molecule has 0 saturated heterocycles. The topological polar surface area (TPSA) is 26.3 Å². The van der Waals surface area contributed by atoms with Gasteiger partial charge in [0.25, 0.3) is 0 Å². The van der Waals surface area contributed by atoms with E-state index in [9.17, 15) is 4.79 Å². The van der Waals surface area contributed by atoms with Crippen LogP contribution in [0.5, 0.6) is 0 Å². The van der Waals surface area contributed by atoms with Crippen LogP contribution in [0.15, 0.2) is 48.5 Å². The first kappa shape index (κ1) is 13.9. The highest BCUT2D eigenvalue weighted by atomic mass is 35.5. The van der Waals surface area contributed by atoms with E-state index >= 15 is 0 Å². The number of hydrogen-bond acceptors (Lipinski definition) is 2. The SMILES string of the molecule is Cl.O=C(Cl)OCC1c2ccccc2-c2ccccc21. The van der Waals surface area contributed by atoms with Crippen molar-refractivity contribution in [2.45, 2.75) is 5.92 Å². The van der Waals surface area contributed by atoms with Gasteiger partial charge in [-0.05, 0) is 22.3 Å². The van der Waals surface area contributed by atoms with Gasteiger partial charge in [-0.3, -0.25) is 0 Å². The lowest BCUT2D eigenvalue weighted by molar-refractivity contribution is 0.170. The van der Waals surface area contributed by atoms with Crippen LogP contribution in [-0.2, 0) is 4.74 Å². The molecule has 4 heteroatoms. The first-order chi connectivity index (χ1) is 8.77. The molecule has 0 heterocycles. The third-order valence-electron chi connectivity index (χ3n) is 3.33. The summed E-state index contributed by atoms with van der Waals surface area (Å²) in [4.78, 5) is 10.8. The maximum Gasteiger partial charge on any atom is 0.403 e. The molecule has 0 aromatic heterocycles. The summed E-state index contributed by atoms with van der Waals surface area (Å²) in [7, 11) is 0. The molecule has 2 aromatic rings. The predicted octanol–water partition coefficient (Wildman–Crippen LogP) is 4.60. The summed E-state index contributed by atoms with van der Waals surface area (Å²) >= 11 is 5.25. The van der Waals surface area contributed by atoms with Crippen molar-refractivity contribution in [3.8, 4) is 11.1 Å². The fraction of sp³-hybridized carbons (Fsp3) is 0.133. The number of carbonyl (C=O) groups is 1. The number of ether oxygens (including phenoxy) is 1. The van der Waals surface area contributed by atoms with E-state index in [0.29, 0.717) is 0 Å². The van der Waals surface area contributed by atoms with Crippen LogP contribution in [-0.4, -0.2) is 12.0 Å². The van der Waals surface area contributed by atoms with Crippen LogP contribution in [0.3, 0.4) is 0 Å². The summed E-state index contributed by atoms with van der Waals surface area (Å²) in [6, 6.07) is 16.4. The summed E-state index contributed by atoms with van der Waals surface area (Å²) in [6.45, 7) is 0.288. The Bertz CT molecular complexity index is 565. The summed E-state index contributed by atoms with van der Waals surface area (Å²) in [5, 5.41) is 0. The van der Waals surface area contributed by atoms with E-state index in [4.69, 9.17) is 16.3 Å². The van der Waals surface area contributed by atoms with E-state index in [-0.39, 0.29) is 24.9 Å². The van der Waals surface area contributed by atoms with Gasteiger partial charge in [-0.2, -0.15) is 0 Å². The quantitative estimate of drug-likeness (QED) is 0.757. The van der Waals surface area contributed by atoms with Crippen LogP contribution in [0.2, 0.25) is 0 Å². The molecule has 1 aliphatic carbocycles. The Hall–Kier alpha value is -1.51. The zero-order valence-corrected chi connectivity index (χ0v) is 11.6. The minimum absolute atomic E-state index is 0. The van der Waals surface area contributed by atoms with Crippen LogP contribution < -0.4 is 0 Å². The lowest BCUT2D eigenvalue weighted by atomic mass is 9.98. The van der Waals surface area contributed by atoms with Crippen molar-refractivity contribution in [1.82, 2.24) is 0 Å². The van der Waals surface area contributed by atoms with Crippen LogP contribution in [0.4, 0.5) is 4.79 Å². The third kappa shape index (κ3) is 2.46. The molecular weight excluding hydrogens is 283 g/mol. The third-order valence-corrected chi connectivity index (χ3v) is 3.44. The van der Waals surface area contributed by atoms with Gasteiger partial charge in [0.15, 0.2) is 0 Å². The number of fused-ring (bicyclic) bond motifs is 3. The van der Waals surface area contributed by atoms with Gasteiger partial charge in [0, 0.05) is 17.5 Å². The first-order valence-corrected chi connectivity index (χ1v) is 6.15. The lowest BCUT2D eigenvalue weighted by Gasteiger charge is -2.12. The standard InChI is InChI=1S/C15H11ClO2.ClH/c16-15(17)18-9-14-12-7-3-1-5-10(12)11-6-2-4-8-13(11)14;/h1-8,14H,9H2;1H. The van der Waals surface area contributed by atoms with Gasteiger partial charge >= 0.3 is 5.43 Å². The van der Waals surface area contributed by atoms with Crippen molar-refractivity contribution in [3.05, 3.63) is 59.7 Å². The second-order valence-electron chi connectivity index (χ2n) is 4.28. The van der Waals surface area contributed by atoms with Crippen molar-refractivity contribution in [1.29, 1.82) is 0 Å². The summed E-state index contributed by atoms with van der Waals surface area (Å²) in [5.41, 5.74) is 4.05. The van der Waals surface area contributed by atoms with Gasteiger partial charge in [-0.1, -0.05) is 48.5 Å². The minimum Gasteiger partial charge on any atom is -0.453 e. The molecule has 0 fully saturated rings. The predicted molar refractivity (Wildman–Crippen MR) is 78.2 cm³/mol. The van der Waals surface area contributed by atoms with Gasteiger partial charge in [-0.25, -0.2) is 4.79 Å². The highest BCUT2D eigenvalue weighted by molar-refractivity contribution is 6.61. The van der Waals surface area contributed by atoms with Gasteiger partial charge in [0.05, 0.1) is 0 Å². The monoisotopic (exact) mass is 294 g/mol. The smallest absolute Gasteiger partial charge is 0.403 e.